The highest BCUT2D eigenvalue weighted by Gasteiger charge is 2.27. The van der Waals surface area contributed by atoms with Gasteiger partial charge in [-0.2, -0.15) is 0 Å². The number of aryl methyl sites for hydroxylation is 2. The third kappa shape index (κ3) is 2.58. The van der Waals surface area contributed by atoms with E-state index in [1.165, 1.54) is 5.56 Å². The first-order chi connectivity index (χ1) is 7.03. The van der Waals surface area contributed by atoms with Crippen LogP contribution in [0.25, 0.3) is 0 Å². The van der Waals surface area contributed by atoms with Crippen LogP contribution in [0, 0.1) is 13.8 Å². The van der Waals surface area contributed by atoms with Crippen LogP contribution in [0.4, 0.5) is 0 Å². The summed E-state index contributed by atoms with van der Waals surface area (Å²) >= 11 is 0. The molecule has 0 saturated carbocycles. The number of hydrogen-bond acceptors (Lipinski definition) is 2. The summed E-state index contributed by atoms with van der Waals surface area (Å²) in [5.74, 6) is 0. The molecule has 84 valence electrons. The van der Waals surface area contributed by atoms with E-state index >= 15 is 0 Å². The fourth-order valence-electron chi connectivity index (χ4n) is 2.10. The Kier molecular flexibility index (Phi) is 3.89. The van der Waals surface area contributed by atoms with Crippen molar-refractivity contribution in [2.75, 3.05) is 6.54 Å². The van der Waals surface area contributed by atoms with Crippen LogP contribution in [-0.2, 0) is 5.60 Å². The molecule has 0 amide bonds. The van der Waals surface area contributed by atoms with Crippen molar-refractivity contribution in [1.82, 2.24) is 0 Å². The molecule has 1 unspecified atom stereocenters. The molecule has 3 N–H and O–H groups in total. The van der Waals surface area contributed by atoms with E-state index in [0.29, 0.717) is 6.42 Å². The number of rotatable bonds is 4. The molecule has 0 heterocycles. The van der Waals surface area contributed by atoms with Crippen molar-refractivity contribution in [3.63, 3.8) is 0 Å². The van der Waals surface area contributed by atoms with Gasteiger partial charge in [0.05, 0.1) is 0 Å². The molecule has 2 nitrogen and oxygen atoms in total. The Morgan fingerprint density at radius 3 is 2.47 bits per heavy atom. The Morgan fingerprint density at radius 2 is 2.00 bits per heavy atom. The first-order valence-electron chi connectivity index (χ1n) is 5.53. The van der Waals surface area contributed by atoms with Crippen molar-refractivity contribution >= 4 is 0 Å². The maximum Gasteiger partial charge on any atom is 0.102 e. The maximum atomic E-state index is 10.4. The second-order valence-electron chi connectivity index (χ2n) is 4.30. The number of nitrogens with two attached hydrogens (primary N) is 1. The molecule has 0 aliphatic rings. The molecule has 0 aliphatic heterocycles. The van der Waals surface area contributed by atoms with Crippen LogP contribution >= 0.6 is 0 Å². The largest absolute Gasteiger partial charge is 0.384 e. The van der Waals surface area contributed by atoms with E-state index in [1.54, 1.807) is 0 Å². The summed E-state index contributed by atoms with van der Waals surface area (Å²) in [5.41, 5.74) is 8.13. The highest BCUT2D eigenvalue weighted by Crippen LogP contribution is 2.28. The molecule has 0 saturated heterocycles. The van der Waals surface area contributed by atoms with Crippen LogP contribution in [-0.4, -0.2) is 11.7 Å². The van der Waals surface area contributed by atoms with Crippen molar-refractivity contribution in [2.45, 2.75) is 39.2 Å². The van der Waals surface area contributed by atoms with Crippen LogP contribution < -0.4 is 5.73 Å². The van der Waals surface area contributed by atoms with Crippen molar-refractivity contribution in [3.8, 4) is 0 Å². The molecule has 0 radical (unpaired) electrons. The molecule has 2 heteroatoms. The molecule has 1 aromatic carbocycles. The van der Waals surface area contributed by atoms with Gasteiger partial charge >= 0.3 is 0 Å². The van der Waals surface area contributed by atoms with E-state index in [2.05, 4.69) is 19.9 Å². The first kappa shape index (κ1) is 12.2. The minimum Gasteiger partial charge on any atom is -0.384 e. The molecule has 0 aliphatic carbocycles. The van der Waals surface area contributed by atoms with E-state index in [4.69, 9.17) is 5.73 Å². The van der Waals surface area contributed by atoms with Crippen molar-refractivity contribution in [3.05, 3.63) is 34.9 Å². The molecule has 0 spiro atoms. The molecule has 0 fully saturated rings. The van der Waals surface area contributed by atoms with Gasteiger partial charge in [-0.1, -0.05) is 37.1 Å². The van der Waals surface area contributed by atoms with Gasteiger partial charge in [-0.3, -0.25) is 0 Å². The molecule has 15 heavy (non-hydrogen) atoms. The molecule has 1 atom stereocenters. The second-order valence-corrected chi connectivity index (χ2v) is 4.30. The van der Waals surface area contributed by atoms with Crippen LogP contribution in [0.15, 0.2) is 18.2 Å². The van der Waals surface area contributed by atoms with Gasteiger partial charge in [0.25, 0.3) is 0 Å². The van der Waals surface area contributed by atoms with E-state index in [9.17, 15) is 5.11 Å². The van der Waals surface area contributed by atoms with Gasteiger partial charge in [-0.05, 0) is 31.4 Å². The summed E-state index contributed by atoms with van der Waals surface area (Å²) in [4.78, 5) is 0. The van der Waals surface area contributed by atoms with Crippen LogP contribution in [0.3, 0.4) is 0 Å². The van der Waals surface area contributed by atoms with Crippen molar-refractivity contribution < 1.29 is 5.11 Å². The molecule has 0 bridgehead atoms. The minimum atomic E-state index is -0.855. The standard InChI is InChI=1S/C13H21NO/c1-4-7-13(15,9-14)12-6-5-10(2)8-11(12)3/h5-6,8,15H,4,7,9,14H2,1-3H3. The number of aliphatic hydroxyl groups is 1. The second kappa shape index (κ2) is 4.77. The lowest BCUT2D eigenvalue weighted by molar-refractivity contribution is 0.0353. The van der Waals surface area contributed by atoms with E-state index in [-0.39, 0.29) is 6.54 Å². The average molecular weight is 207 g/mol. The SMILES string of the molecule is CCCC(O)(CN)c1ccc(C)cc1C. The normalized spacial score (nSPS) is 15.0. The Hall–Kier alpha value is -0.860. The van der Waals surface area contributed by atoms with E-state index < -0.39 is 5.60 Å². The predicted octanol–water partition coefficient (Wildman–Crippen LogP) is 2.25. The fraction of sp³-hybridized carbons (Fsp3) is 0.538. The summed E-state index contributed by atoms with van der Waals surface area (Å²) in [6, 6.07) is 6.11. The monoisotopic (exact) mass is 207 g/mol. The average Bonchev–Trinajstić information content (AvgIpc) is 2.17. The van der Waals surface area contributed by atoms with Gasteiger partial charge in [0, 0.05) is 6.54 Å². The van der Waals surface area contributed by atoms with Gasteiger partial charge in [0.15, 0.2) is 0 Å². The Bertz CT molecular complexity index is 335. The van der Waals surface area contributed by atoms with Gasteiger partial charge in [-0.25, -0.2) is 0 Å². The first-order valence-corrected chi connectivity index (χ1v) is 5.53. The van der Waals surface area contributed by atoms with E-state index in [0.717, 1.165) is 17.5 Å². The molecule has 1 aromatic rings. The quantitative estimate of drug-likeness (QED) is 0.795. The Labute approximate surface area is 92.1 Å². The summed E-state index contributed by atoms with van der Waals surface area (Å²) in [5, 5.41) is 10.4. The Morgan fingerprint density at radius 1 is 1.33 bits per heavy atom. The topological polar surface area (TPSA) is 46.2 Å². The lowest BCUT2D eigenvalue weighted by Gasteiger charge is -2.28. The Balaban J connectivity index is 3.12. The maximum absolute atomic E-state index is 10.4. The van der Waals surface area contributed by atoms with Crippen LogP contribution in [0.1, 0.15) is 36.5 Å². The summed E-state index contributed by atoms with van der Waals surface area (Å²) in [6.07, 6.45) is 1.65. The lowest BCUT2D eigenvalue weighted by atomic mass is 9.86. The zero-order chi connectivity index (χ0) is 11.5. The zero-order valence-electron chi connectivity index (χ0n) is 9.88. The lowest BCUT2D eigenvalue weighted by Crippen LogP contribution is -2.35. The molecular weight excluding hydrogens is 186 g/mol. The van der Waals surface area contributed by atoms with Gasteiger partial charge in [-0.15, -0.1) is 0 Å². The molecule has 1 rings (SSSR count). The highest BCUT2D eigenvalue weighted by molar-refractivity contribution is 5.35. The smallest absolute Gasteiger partial charge is 0.102 e. The summed E-state index contributed by atoms with van der Waals surface area (Å²) < 4.78 is 0. The third-order valence-electron chi connectivity index (χ3n) is 2.88. The number of hydrogen-bond donors (Lipinski definition) is 2. The van der Waals surface area contributed by atoms with Gasteiger partial charge in [0.1, 0.15) is 5.60 Å². The molecule has 0 aromatic heterocycles. The van der Waals surface area contributed by atoms with Crippen LogP contribution in [0.2, 0.25) is 0 Å². The third-order valence-corrected chi connectivity index (χ3v) is 2.88. The predicted molar refractivity (Wildman–Crippen MR) is 63.8 cm³/mol. The highest BCUT2D eigenvalue weighted by atomic mass is 16.3. The number of benzene rings is 1. The van der Waals surface area contributed by atoms with E-state index in [1.807, 2.05) is 19.1 Å². The summed E-state index contributed by atoms with van der Waals surface area (Å²) in [6.45, 7) is 6.42. The minimum absolute atomic E-state index is 0.282. The molecular formula is C13H21NO. The van der Waals surface area contributed by atoms with Crippen LogP contribution in [0.5, 0.6) is 0 Å². The van der Waals surface area contributed by atoms with Crippen molar-refractivity contribution in [2.24, 2.45) is 5.73 Å². The van der Waals surface area contributed by atoms with Crippen molar-refractivity contribution in [1.29, 1.82) is 0 Å². The summed E-state index contributed by atoms with van der Waals surface area (Å²) in [7, 11) is 0. The van der Waals surface area contributed by atoms with Gasteiger partial charge < -0.3 is 10.8 Å². The zero-order valence-corrected chi connectivity index (χ0v) is 9.88. The van der Waals surface area contributed by atoms with Gasteiger partial charge in [0.2, 0.25) is 0 Å². The fourth-order valence-corrected chi connectivity index (χ4v) is 2.10.